The van der Waals surface area contributed by atoms with Gasteiger partial charge in [-0.2, -0.15) is 13.2 Å². The minimum Gasteiger partial charge on any atom is -0.330 e. The van der Waals surface area contributed by atoms with Crippen molar-refractivity contribution in [3.05, 3.63) is 0 Å². The van der Waals surface area contributed by atoms with E-state index in [9.17, 15) is 18.0 Å². The van der Waals surface area contributed by atoms with Crippen LogP contribution in [0.3, 0.4) is 0 Å². The molecule has 0 aromatic carbocycles. The fraction of sp³-hybridized carbons (Fsp3) is 0.900. The monoisotopic (exact) mass is 240 g/mol. The third kappa shape index (κ3) is 6.66. The van der Waals surface area contributed by atoms with Gasteiger partial charge in [0.2, 0.25) is 5.91 Å². The Bertz CT molecular complexity index is 217. The Kier molecular flexibility index (Phi) is 6.40. The van der Waals surface area contributed by atoms with Gasteiger partial charge in [-0.1, -0.05) is 6.92 Å². The number of amides is 1. The van der Waals surface area contributed by atoms with E-state index >= 15 is 0 Å². The molecular formula is C10H19F3N2O. The number of hydrogen-bond donors (Lipinski definition) is 1. The summed E-state index contributed by atoms with van der Waals surface area (Å²) >= 11 is 0. The summed E-state index contributed by atoms with van der Waals surface area (Å²) in [5.74, 6) is -0.513. The first-order chi connectivity index (χ1) is 7.28. The molecule has 16 heavy (non-hydrogen) atoms. The van der Waals surface area contributed by atoms with E-state index in [1.54, 1.807) is 13.8 Å². The maximum absolute atomic E-state index is 12.2. The molecule has 0 heterocycles. The molecule has 0 spiro atoms. The quantitative estimate of drug-likeness (QED) is 0.718. The van der Waals surface area contributed by atoms with Crippen LogP contribution >= 0.6 is 0 Å². The Morgan fingerprint density at radius 3 is 2.31 bits per heavy atom. The lowest BCUT2D eigenvalue weighted by Crippen LogP contribution is -2.46. The molecule has 1 amide bonds. The molecule has 96 valence electrons. The Hall–Kier alpha value is -0.780. The average molecular weight is 240 g/mol. The highest BCUT2D eigenvalue weighted by molar-refractivity contribution is 5.78. The van der Waals surface area contributed by atoms with Gasteiger partial charge in [0.25, 0.3) is 0 Å². The normalized spacial score (nSPS) is 11.9. The van der Waals surface area contributed by atoms with Crippen molar-refractivity contribution in [3.8, 4) is 0 Å². The van der Waals surface area contributed by atoms with Crippen molar-refractivity contribution >= 4 is 5.91 Å². The first kappa shape index (κ1) is 15.2. The zero-order valence-electron chi connectivity index (χ0n) is 9.90. The van der Waals surface area contributed by atoms with Crippen LogP contribution in [0.5, 0.6) is 0 Å². The van der Waals surface area contributed by atoms with Crippen molar-refractivity contribution in [3.63, 3.8) is 0 Å². The number of carbonyl (C=O) groups is 1. The summed E-state index contributed by atoms with van der Waals surface area (Å²) in [6.07, 6.45) is -3.50. The number of alkyl halides is 3. The highest BCUT2D eigenvalue weighted by atomic mass is 19.4. The summed E-state index contributed by atoms with van der Waals surface area (Å²) < 4.78 is 36.6. The van der Waals surface area contributed by atoms with E-state index in [4.69, 9.17) is 0 Å². The van der Waals surface area contributed by atoms with E-state index in [-0.39, 0.29) is 6.54 Å². The summed E-state index contributed by atoms with van der Waals surface area (Å²) in [5, 5.41) is 2.80. The lowest BCUT2D eigenvalue weighted by atomic mass is 10.3. The average Bonchev–Trinajstić information content (AvgIpc) is 2.12. The molecule has 0 aliphatic rings. The summed E-state index contributed by atoms with van der Waals surface area (Å²) in [6.45, 7) is 4.48. The van der Waals surface area contributed by atoms with Gasteiger partial charge in [-0.05, 0) is 26.8 Å². The standard InChI is InChI=1S/C10H19F3N2O/c1-4-5-14-6-9(16)15(8(2)3)7-10(11,12)13/h8,14H,4-7H2,1-3H3. The van der Waals surface area contributed by atoms with E-state index in [1.807, 2.05) is 6.92 Å². The van der Waals surface area contributed by atoms with Gasteiger partial charge < -0.3 is 10.2 Å². The smallest absolute Gasteiger partial charge is 0.330 e. The third-order valence-corrected chi connectivity index (χ3v) is 2.00. The summed E-state index contributed by atoms with van der Waals surface area (Å²) in [7, 11) is 0. The van der Waals surface area contributed by atoms with Crippen molar-refractivity contribution in [2.24, 2.45) is 0 Å². The second-order valence-corrected chi connectivity index (χ2v) is 3.91. The highest BCUT2D eigenvalue weighted by Gasteiger charge is 2.33. The number of nitrogens with one attached hydrogen (secondary N) is 1. The van der Waals surface area contributed by atoms with Crippen LogP contribution in [-0.2, 0) is 4.79 Å². The minimum atomic E-state index is -4.34. The molecule has 0 aliphatic heterocycles. The Labute approximate surface area is 94.0 Å². The largest absolute Gasteiger partial charge is 0.406 e. The van der Waals surface area contributed by atoms with E-state index in [0.717, 1.165) is 11.3 Å². The van der Waals surface area contributed by atoms with Gasteiger partial charge in [-0.15, -0.1) is 0 Å². The second kappa shape index (κ2) is 6.73. The Morgan fingerprint density at radius 2 is 1.94 bits per heavy atom. The van der Waals surface area contributed by atoms with Crippen LogP contribution in [0.15, 0.2) is 0 Å². The van der Waals surface area contributed by atoms with Crippen molar-refractivity contribution in [2.75, 3.05) is 19.6 Å². The van der Waals surface area contributed by atoms with Gasteiger partial charge in [0.05, 0.1) is 6.54 Å². The molecular weight excluding hydrogens is 221 g/mol. The van der Waals surface area contributed by atoms with Crippen molar-refractivity contribution in [2.45, 2.75) is 39.4 Å². The van der Waals surface area contributed by atoms with E-state index in [0.29, 0.717) is 6.54 Å². The van der Waals surface area contributed by atoms with Gasteiger partial charge in [-0.25, -0.2) is 0 Å². The summed E-state index contributed by atoms with van der Waals surface area (Å²) in [5.41, 5.74) is 0. The highest BCUT2D eigenvalue weighted by Crippen LogP contribution is 2.17. The van der Waals surface area contributed by atoms with Gasteiger partial charge in [-0.3, -0.25) is 4.79 Å². The summed E-state index contributed by atoms with van der Waals surface area (Å²) in [6, 6.07) is -0.447. The second-order valence-electron chi connectivity index (χ2n) is 3.91. The fourth-order valence-electron chi connectivity index (χ4n) is 1.23. The zero-order chi connectivity index (χ0) is 12.8. The Morgan fingerprint density at radius 1 is 1.38 bits per heavy atom. The lowest BCUT2D eigenvalue weighted by Gasteiger charge is -2.27. The first-order valence-corrected chi connectivity index (χ1v) is 5.35. The maximum Gasteiger partial charge on any atom is 0.406 e. The molecule has 0 unspecified atom stereocenters. The molecule has 6 heteroatoms. The third-order valence-electron chi connectivity index (χ3n) is 2.00. The SMILES string of the molecule is CCCNCC(=O)N(CC(F)(F)F)C(C)C. The number of hydrogen-bond acceptors (Lipinski definition) is 2. The number of carbonyl (C=O) groups excluding carboxylic acids is 1. The van der Waals surface area contributed by atoms with E-state index < -0.39 is 24.7 Å². The molecule has 0 aromatic rings. The van der Waals surface area contributed by atoms with Gasteiger partial charge in [0.1, 0.15) is 6.54 Å². The molecule has 1 N–H and O–H groups in total. The van der Waals surface area contributed by atoms with Crippen LogP contribution in [-0.4, -0.2) is 42.7 Å². The van der Waals surface area contributed by atoms with Crippen molar-refractivity contribution in [1.82, 2.24) is 10.2 Å². The molecule has 0 saturated heterocycles. The van der Waals surface area contributed by atoms with Gasteiger partial charge >= 0.3 is 6.18 Å². The predicted molar refractivity (Wildman–Crippen MR) is 56.1 cm³/mol. The molecule has 3 nitrogen and oxygen atoms in total. The molecule has 0 atom stereocenters. The predicted octanol–water partition coefficient (Wildman–Crippen LogP) is 1.79. The van der Waals surface area contributed by atoms with E-state index in [1.165, 1.54) is 0 Å². The lowest BCUT2D eigenvalue weighted by molar-refractivity contribution is -0.164. The Balaban J connectivity index is 4.25. The molecule has 0 aliphatic carbocycles. The van der Waals surface area contributed by atoms with Crippen LogP contribution < -0.4 is 5.32 Å². The molecule has 0 radical (unpaired) electrons. The van der Waals surface area contributed by atoms with E-state index in [2.05, 4.69) is 5.32 Å². The topological polar surface area (TPSA) is 32.3 Å². The molecule has 0 rings (SSSR count). The first-order valence-electron chi connectivity index (χ1n) is 5.35. The fourth-order valence-corrected chi connectivity index (χ4v) is 1.23. The zero-order valence-corrected chi connectivity index (χ0v) is 9.90. The number of halogens is 3. The van der Waals surface area contributed by atoms with Crippen LogP contribution in [0.25, 0.3) is 0 Å². The molecule has 0 bridgehead atoms. The van der Waals surface area contributed by atoms with Crippen molar-refractivity contribution in [1.29, 1.82) is 0 Å². The molecule has 0 saturated carbocycles. The van der Waals surface area contributed by atoms with Crippen LogP contribution in [0.4, 0.5) is 13.2 Å². The number of nitrogens with zero attached hydrogens (tertiary/aromatic N) is 1. The van der Waals surface area contributed by atoms with Gasteiger partial charge in [0.15, 0.2) is 0 Å². The maximum atomic E-state index is 12.2. The van der Waals surface area contributed by atoms with Gasteiger partial charge in [0, 0.05) is 6.04 Å². The van der Waals surface area contributed by atoms with Crippen LogP contribution in [0.1, 0.15) is 27.2 Å². The van der Waals surface area contributed by atoms with Crippen molar-refractivity contribution < 1.29 is 18.0 Å². The minimum absolute atomic E-state index is 0.0396. The number of rotatable bonds is 6. The van der Waals surface area contributed by atoms with Crippen LogP contribution in [0, 0.1) is 0 Å². The van der Waals surface area contributed by atoms with Crippen LogP contribution in [0.2, 0.25) is 0 Å². The molecule has 0 fully saturated rings. The summed E-state index contributed by atoms with van der Waals surface area (Å²) in [4.78, 5) is 12.3. The molecule has 0 aromatic heterocycles.